The van der Waals surface area contributed by atoms with Crippen molar-refractivity contribution in [1.82, 2.24) is 19.4 Å². The van der Waals surface area contributed by atoms with Crippen LogP contribution in [-0.2, 0) is 24.3 Å². The molecule has 2 aliphatic rings. The Balaban J connectivity index is 1.32. The van der Waals surface area contributed by atoms with Crippen molar-refractivity contribution in [2.24, 2.45) is 5.41 Å². The van der Waals surface area contributed by atoms with E-state index in [4.69, 9.17) is 4.42 Å². The average molecular weight is 401 g/mol. The Kier molecular flexibility index (Phi) is 6.06. The van der Waals surface area contributed by atoms with Crippen LogP contribution >= 0.6 is 0 Å². The number of carbonyl (C=O) groups excluding carboxylic acids is 1. The molecule has 1 amide bonds. The molecule has 2 aromatic heterocycles. The number of rotatable bonds is 6. The maximum Gasteiger partial charge on any atom is 0.224 e. The van der Waals surface area contributed by atoms with Crippen LogP contribution in [0.4, 0.5) is 0 Å². The van der Waals surface area contributed by atoms with E-state index < -0.39 is 6.10 Å². The van der Waals surface area contributed by atoms with Gasteiger partial charge >= 0.3 is 0 Å². The number of amides is 1. The van der Waals surface area contributed by atoms with Crippen LogP contribution in [0.5, 0.6) is 0 Å². The van der Waals surface area contributed by atoms with E-state index in [0.29, 0.717) is 19.5 Å². The minimum Gasteiger partial charge on any atom is -0.468 e. The van der Waals surface area contributed by atoms with Crippen LogP contribution in [0, 0.1) is 5.41 Å². The van der Waals surface area contributed by atoms with Crippen LogP contribution in [0.3, 0.4) is 0 Å². The Hall–Kier alpha value is -2.12. The van der Waals surface area contributed by atoms with E-state index in [9.17, 15) is 9.90 Å². The van der Waals surface area contributed by atoms with Gasteiger partial charge in [-0.05, 0) is 49.9 Å². The maximum atomic E-state index is 12.9. The summed E-state index contributed by atoms with van der Waals surface area (Å²) in [5, 5.41) is 10.5. The Labute approximate surface area is 172 Å². The molecule has 1 spiro atoms. The van der Waals surface area contributed by atoms with E-state index in [0.717, 1.165) is 63.4 Å². The normalized spacial score (nSPS) is 22.3. The number of furan rings is 1. The predicted octanol–water partition coefficient (Wildman–Crippen LogP) is 2.30. The van der Waals surface area contributed by atoms with Gasteiger partial charge in [0, 0.05) is 44.9 Å². The highest BCUT2D eigenvalue weighted by molar-refractivity contribution is 5.76. The lowest BCUT2D eigenvalue weighted by Gasteiger charge is -2.49. The van der Waals surface area contributed by atoms with Crippen LogP contribution in [0.1, 0.15) is 44.2 Å². The minimum absolute atomic E-state index is 0.0383. The van der Waals surface area contributed by atoms with Crippen LogP contribution in [0.2, 0.25) is 0 Å². The Bertz CT molecular complexity index is 793. The predicted molar refractivity (Wildman–Crippen MR) is 109 cm³/mol. The van der Waals surface area contributed by atoms with Crippen LogP contribution in [0.25, 0.3) is 0 Å². The SMILES string of the molecule is CCc1nccn1CCC(=O)N1CC(O)CC2(CCN(Cc3ccco3)CC2)C1. The van der Waals surface area contributed by atoms with Crippen molar-refractivity contribution >= 4 is 5.91 Å². The topological polar surface area (TPSA) is 74.7 Å². The standard InChI is InChI=1S/C22H32N4O3/c1-2-20-23-8-12-25(20)9-5-21(28)26-15-18(27)14-22(17-26)6-10-24(11-7-22)16-19-4-3-13-29-19/h3-4,8,12-13,18,27H,2,5-7,9-11,14-17H2,1H3. The first kappa shape index (κ1) is 20.2. The maximum absolute atomic E-state index is 12.9. The second kappa shape index (κ2) is 8.71. The van der Waals surface area contributed by atoms with Crippen LogP contribution < -0.4 is 0 Å². The number of likely N-dealkylation sites (tertiary alicyclic amines) is 2. The number of hydrogen-bond donors (Lipinski definition) is 1. The summed E-state index contributed by atoms with van der Waals surface area (Å²) in [6, 6.07) is 3.94. The van der Waals surface area contributed by atoms with Gasteiger partial charge in [-0.2, -0.15) is 0 Å². The molecule has 4 heterocycles. The summed E-state index contributed by atoms with van der Waals surface area (Å²) < 4.78 is 7.53. The number of hydrogen-bond acceptors (Lipinski definition) is 5. The molecule has 0 saturated carbocycles. The van der Waals surface area contributed by atoms with E-state index in [1.165, 1.54) is 0 Å². The van der Waals surface area contributed by atoms with Gasteiger partial charge in [0.05, 0.1) is 18.9 Å². The number of aryl methyl sites for hydroxylation is 2. The number of aliphatic hydroxyl groups is 1. The molecule has 1 N–H and O–H groups in total. The number of carbonyl (C=O) groups is 1. The van der Waals surface area contributed by atoms with E-state index >= 15 is 0 Å². The van der Waals surface area contributed by atoms with Crippen molar-refractivity contribution in [2.45, 2.75) is 58.2 Å². The first-order chi connectivity index (χ1) is 14.1. The number of imidazole rings is 1. The largest absolute Gasteiger partial charge is 0.468 e. The quantitative estimate of drug-likeness (QED) is 0.805. The van der Waals surface area contributed by atoms with Crippen molar-refractivity contribution in [3.05, 3.63) is 42.4 Å². The van der Waals surface area contributed by atoms with Crippen molar-refractivity contribution in [3.8, 4) is 0 Å². The highest BCUT2D eigenvalue weighted by atomic mass is 16.3. The first-order valence-electron chi connectivity index (χ1n) is 10.8. The second-order valence-electron chi connectivity index (χ2n) is 8.63. The molecule has 0 bridgehead atoms. The monoisotopic (exact) mass is 400 g/mol. The molecule has 1 atom stereocenters. The van der Waals surface area contributed by atoms with Crippen molar-refractivity contribution in [1.29, 1.82) is 0 Å². The number of nitrogens with zero attached hydrogens (tertiary/aromatic N) is 4. The smallest absolute Gasteiger partial charge is 0.224 e. The molecule has 2 saturated heterocycles. The summed E-state index contributed by atoms with van der Waals surface area (Å²) in [4.78, 5) is 21.5. The molecule has 0 aromatic carbocycles. The fourth-order valence-corrected chi connectivity index (χ4v) is 4.95. The van der Waals surface area contributed by atoms with Gasteiger partial charge in [-0.15, -0.1) is 0 Å². The molecular formula is C22H32N4O3. The van der Waals surface area contributed by atoms with Gasteiger partial charge < -0.3 is 19.0 Å². The zero-order valence-electron chi connectivity index (χ0n) is 17.3. The summed E-state index contributed by atoms with van der Waals surface area (Å²) in [6.45, 7) is 6.74. The number of piperidine rings is 2. The molecule has 7 heteroatoms. The van der Waals surface area contributed by atoms with Crippen molar-refractivity contribution in [2.75, 3.05) is 26.2 Å². The van der Waals surface area contributed by atoms with Crippen LogP contribution in [0.15, 0.2) is 35.2 Å². The van der Waals surface area contributed by atoms with Crippen molar-refractivity contribution < 1.29 is 14.3 Å². The fraction of sp³-hybridized carbons (Fsp3) is 0.636. The lowest BCUT2D eigenvalue weighted by molar-refractivity contribution is -0.140. The Morgan fingerprint density at radius 1 is 1.38 bits per heavy atom. The molecule has 7 nitrogen and oxygen atoms in total. The van der Waals surface area contributed by atoms with Gasteiger partial charge in [0.25, 0.3) is 0 Å². The second-order valence-corrected chi connectivity index (χ2v) is 8.63. The lowest BCUT2D eigenvalue weighted by Crippen LogP contribution is -2.55. The van der Waals surface area contributed by atoms with E-state index in [-0.39, 0.29) is 11.3 Å². The van der Waals surface area contributed by atoms with Gasteiger partial charge in [-0.25, -0.2) is 4.98 Å². The third kappa shape index (κ3) is 4.73. The highest BCUT2D eigenvalue weighted by Crippen LogP contribution is 2.40. The average Bonchev–Trinajstić information content (AvgIpc) is 3.39. The molecule has 2 aromatic rings. The molecule has 158 valence electrons. The lowest BCUT2D eigenvalue weighted by atomic mass is 9.71. The molecule has 2 aliphatic heterocycles. The zero-order valence-corrected chi connectivity index (χ0v) is 17.3. The van der Waals surface area contributed by atoms with E-state index in [1.807, 2.05) is 23.2 Å². The van der Waals surface area contributed by atoms with Crippen molar-refractivity contribution in [3.63, 3.8) is 0 Å². The molecule has 1 unspecified atom stereocenters. The van der Waals surface area contributed by atoms with E-state index in [1.54, 1.807) is 12.5 Å². The van der Waals surface area contributed by atoms with Gasteiger partial charge in [-0.1, -0.05) is 6.92 Å². The highest BCUT2D eigenvalue weighted by Gasteiger charge is 2.42. The summed E-state index contributed by atoms with van der Waals surface area (Å²) in [5.41, 5.74) is 0.0383. The molecule has 29 heavy (non-hydrogen) atoms. The summed E-state index contributed by atoms with van der Waals surface area (Å²) >= 11 is 0. The molecule has 0 radical (unpaired) electrons. The van der Waals surface area contributed by atoms with Gasteiger partial charge in [0.15, 0.2) is 0 Å². The molecule has 0 aliphatic carbocycles. The van der Waals surface area contributed by atoms with Gasteiger partial charge in [0.1, 0.15) is 11.6 Å². The van der Waals surface area contributed by atoms with Gasteiger partial charge in [0.2, 0.25) is 5.91 Å². The summed E-state index contributed by atoms with van der Waals surface area (Å²) in [7, 11) is 0. The number of aromatic nitrogens is 2. The first-order valence-corrected chi connectivity index (χ1v) is 10.8. The summed E-state index contributed by atoms with van der Waals surface area (Å²) in [5.74, 6) is 2.14. The van der Waals surface area contributed by atoms with Gasteiger partial charge in [-0.3, -0.25) is 9.69 Å². The number of aliphatic hydroxyl groups excluding tert-OH is 1. The molecular weight excluding hydrogens is 368 g/mol. The molecule has 2 fully saturated rings. The number of β-amino-alcohol motifs (C(OH)–C–C–N with tert-alkyl or cyclic N) is 1. The van der Waals surface area contributed by atoms with Crippen LogP contribution in [-0.4, -0.2) is 62.6 Å². The third-order valence-corrected chi connectivity index (χ3v) is 6.54. The minimum atomic E-state index is -0.427. The Morgan fingerprint density at radius 3 is 2.93 bits per heavy atom. The molecule has 4 rings (SSSR count). The summed E-state index contributed by atoms with van der Waals surface area (Å²) in [6.07, 6.45) is 9.16. The zero-order chi connectivity index (χ0) is 20.3. The van der Waals surface area contributed by atoms with E-state index in [2.05, 4.69) is 21.4 Å². The fourth-order valence-electron chi connectivity index (χ4n) is 4.95. The third-order valence-electron chi connectivity index (χ3n) is 6.54. The Morgan fingerprint density at radius 2 is 2.21 bits per heavy atom.